The second-order valence-corrected chi connectivity index (χ2v) is 5.00. The average Bonchev–Trinajstić information content (AvgIpc) is 2.60. The molecule has 0 unspecified atom stereocenters. The Morgan fingerprint density at radius 3 is 2.92 bits per heavy atom. The molecule has 0 spiro atoms. The van der Waals surface area contributed by atoms with Crippen LogP contribution < -0.4 is 15.4 Å². The first-order valence-corrected chi connectivity index (χ1v) is 7.51. The molecule has 0 bridgehead atoms. The minimum atomic E-state index is -0.496. The van der Waals surface area contributed by atoms with Gasteiger partial charge in [-0.2, -0.15) is 0 Å². The summed E-state index contributed by atoms with van der Waals surface area (Å²) in [5.41, 5.74) is 0.649. The highest BCUT2D eigenvalue weighted by Crippen LogP contribution is 2.24. The van der Waals surface area contributed by atoms with Crippen LogP contribution in [0.4, 0.5) is 4.39 Å². The number of halogens is 1. The number of nitrogens with one attached hydrogen (secondary N) is 2. The summed E-state index contributed by atoms with van der Waals surface area (Å²) in [6.07, 6.45) is 3.11. The van der Waals surface area contributed by atoms with Crippen molar-refractivity contribution in [3.63, 3.8) is 0 Å². The van der Waals surface area contributed by atoms with Crippen LogP contribution in [0.3, 0.4) is 0 Å². The fourth-order valence-corrected chi connectivity index (χ4v) is 1.91. The zero-order valence-electron chi connectivity index (χ0n) is 13.4. The largest absolute Gasteiger partial charge is 0.453 e. The van der Waals surface area contributed by atoms with Crippen molar-refractivity contribution >= 4 is 5.91 Å². The molecule has 1 amide bonds. The predicted octanol–water partition coefficient (Wildman–Crippen LogP) is 1.87. The van der Waals surface area contributed by atoms with E-state index in [0.717, 1.165) is 0 Å². The van der Waals surface area contributed by atoms with Gasteiger partial charge in [0.25, 0.3) is 0 Å². The van der Waals surface area contributed by atoms with Gasteiger partial charge >= 0.3 is 0 Å². The van der Waals surface area contributed by atoms with E-state index in [1.165, 1.54) is 18.3 Å². The lowest BCUT2D eigenvalue weighted by Gasteiger charge is -2.09. The zero-order chi connectivity index (χ0) is 17.2. The molecule has 0 saturated carbocycles. The van der Waals surface area contributed by atoms with Crippen LogP contribution in [0.15, 0.2) is 42.7 Å². The smallest absolute Gasteiger partial charge is 0.234 e. The average molecular weight is 333 g/mol. The maximum absolute atomic E-state index is 14.1. The van der Waals surface area contributed by atoms with Crippen molar-refractivity contribution in [2.24, 2.45) is 0 Å². The van der Waals surface area contributed by atoms with Gasteiger partial charge in [-0.3, -0.25) is 9.78 Å². The summed E-state index contributed by atoms with van der Waals surface area (Å²) in [5.74, 6) is -0.0927. The molecule has 0 fully saturated rings. The lowest BCUT2D eigenvalue weighted by atomic mass is 10.2. The van der Waals surface area contributed by atoms with E-state index in [2.05, 4.69) is 15.6 Å². The second-order valence-electron chi connectivity index (χ2n) is 5.00. The van der Waals surface area contributed by atoms with E-state index in [9.17, 15) is 9.18 Å². The Labute approximate surface area is 140 Å². The van der Waals surface area contributed by atoms with Crippen molar-refractivity contribution in [3.8, 4) is 11.5 Å². The van der Waals surface area contributed by atoms with Crippen LogP contribution in [0.2, 0.25) is 0 Å². The molecule has 1 aromatic heterocycles. The molecule has 0 atom stereocenters. The minimum absolute atomic E-state index is 0.110. The number of rotatable bonds is 9. The molecule has 1 aromatic carbocycles. The number of benzene rings is 1. The highest BCUT2D eigenvalue weighted by molar-refractivity contribution is 5.77. The highest BCUT2D eigenvalue weighted by atomic mass is 19.1. The maximum Gasteiger partial charge on any atom is 0.234 e. The molecule has 2 N–H and O–H groups in total. The van der Waals surface area contributed by atoms with E-state index >= 15 is 0 Å². The van der Waals surface area contributed by atoms with Crippen LogP contribution in [0, 0.1) is 5.82 Å². The molecule has 0 radical (unpaired) electrons. The molecule has 2 aromatic rings. The molecule has 6 nitrogen and oxygen atoms in total. The highest BCUT2D eigenvalue weighted by Gasteiger charge is 2.07. The summed E-state index contributed by atoms with van der Waals surface area (Å²) in [5, 5.41) is 5.65. The Morgan fingerprint density at radius 2 is 2.21 bits per heavy atom. The first-order valence-electron chi connectivity index (χ1n) is 7.51. The zero-order valence-corrected chi connectivity index (χ0v) is 13.4. The molecule has 128 valence electrons. The number of nitrogens with zero attached hydrogens (tertiary/aromatic N) is 1. The van der Waals surface area contributed by atoms with Gasteiger partial charge < -0.3 is 20.1 Å². The number of hydrogen-bond donors (Lipinski definition) is 2. The first-order chi connectivity index (χ1) is 11.7. The SMILES string of the molecule is COCCNCC(=O)NCc1ccc(Oc2cccnc2)c(F)c1. The third-order valence-corrected chi connectivity index (χ3v) is 3.12. The second kappa shape index (κ2) is 9.59. The van der Waals surface area contributed by atoms with Gasteiger partial charge in [0.2, 0.25) is 5.91 Å². The molecule has 24 heavy (non-hydrogen) atoms. The van der Waals surface area contributed by atoms with Gasteiger partial charge in [0.05, 0.1) is 19.3 Å². The van der Waals surface area contributed by atoms with Gasteiger partial charge in [-0.05, 0) is 29.8 Å². The molecule has 0 saturated heterocycles. The van der Waals surface area contributed by atoms with Crippen LogP contribution in [0.5, 0.6) is 11.5 Å². The Balaban J connectivity index is 1.82. The Morgan fingerprint density at radius 1 is 1.33 bits per heavy atom. The molecule has 7 heteroatoms. The van der Waals surface area contributed by atoms with Crippen molar-refractivity contribution in [1.82, 2.24) is 15.6 Å². The summed E-state index contributed by atoms with van der Waals surface area (Å²) in [6, 6.07) is 7.97. The predicted molar refractivity (Wildman–Crippen MR) is 87.3 cm³/mol. The van der Waals surface area contributed by atoms with Crippen LogP contribution in [0.25, 0.3) is 0 Å². The van der Waals surface area contributed by atoms with Gasteiger partial charge in [0.1, 0.15) is 5.75 Å². The van der Waals surface area contributed by atoms with E-state index in [-0.39, 0.29) is 24.7 Å². The fourth-order valence-electron chi connectivity index (χ4n) is 1.91. The van der Waals surface area contributed by atoms with E-state index in [1.54, 1.807) is 31.5 Å². The van der Waals surface area contributed by atoms with E-state index in [1.807, 2.05) is 0 Å². The maximum atomic E-state index is 14.1. The standard InChI is InChI=1S/C17H20FN3O3/c1-23-8-7-20-12-17(22)21-10-13-4-5-16(15(18)9-13)24-14-3-2-6-19-11-14/h2-6,9,11,20H,7-8,10,12H2,1H3,(H,21,22). The monoisotopic (exact) mass is 333 g/mol. The summed E-state index contributed by atoms with van der Waals surface area (Å²) in [6.45, 7) is 1.57. The Hall–Kier alpha value is -2.51. The number of aromatic nitrogens is 1. The number of ether oxygens (including phenoxy) is 2. The molecule has 0 aliphatic carbocycles. The van der Waals surface area contributed by atoms with Crippen molar-refractivity contribution < 1.29 is 18.7 Å². The van der Waals surface area contributed by atoms with Crippen molar-refractivity contribution in [1.29, 1.82) is 0 Å². The van der Waals surface area contributed by atoms with Crippen molar-refractivity contribution in [3.05, 3.63) is 54.1 Å². The van der Waals surface area contributed by atoms with Crippen LogP contribution in [-0.4, -0.2) is 37.7 Å². The Bertz CT molecular complexity index is 653. The summed E-state index contributed by atoms with van der Waals surface area (Å²) in [4.78, 5) is 15.5. The summed E-state index contributed by atoms with van der Waals surface area (Å²) in [7, 11) is 1.60. The van der Waals surface area contributed by atoms with Gasteiger partial charge in [-0.1, -0.05) is 6.07 Å². The van der Waals surface area contributed by atoms with Crippen molar-refractivity contribution in [2.45, 2.75) is 6.54 Å². The number of methoxy groups -OCH3 is 1. The summed E-state index contributed by atoms with van der Waals surface area (Å²) >= 11 is 0. The van der Waals surface area contributed by atoms with Crippen LogP contribution in [0.1, 0.15) is 5.56 Å². The Kier molecular flexibility index (Phi) is 7.13. The van der Waals surface area contributed by atoms with Gasteiger partial charge in [0, 0.05) is 26.4 Å². The molecule has 1 heterocycles. The van der Waals surface area contributed by atoms with Crippen LogP contribution >= 0.6 is 0 Å². The number of carbonyl (C=O) groups excluding carboxylic acids is 1. The number of hydrogen-bond acceptors (Lipinski definition) is 5. The molecule has 2 rings (SSSR count). The molecule has 0 aliphatic heterocycles. The van der Waals surface area contributed by atoms with E-state index in [0.29, 0.717) is 24.5 Å². The van der Waals surface area contributed by atoms with E-state index in [4.69, 9.17) is 9.47 Å². The van der Waals surface area contributed by atoms with Crippen molar-refractivity contribution in [2.75, 3.05) is 26.8 Å². The van der Waals surface area contributed by atoms with Gasteiger partial charge in [0.15, 0.2) is 11.6 Å². The molecular weight excluding hydrogens is 313 g/mol. The minimum Gasteiger partial charge on any atom is -0.453 e. The number of pyridine rings is 1. The third kappa shape index (κ3) is 5.94. The number of amides is 1. The molecule has 0 aliphatic rings. The van der Waals surface area contributed by atoms with E-state index < -0.39 is 5.82 Å². The van der Waals surface area contributed by atoms with Gasteiger partial charge in [-0.25, -0.2) is 4.39 Å². The lowest BCUT2D eigenvalue weighted by Crippen LogP contribution is -2.34. The van der Waals surface area contributed by atoms with Gasteiger partial charge in [-0.15, -0.1) is 0 Å². The normalized spacial score (nSPS) is 10.4. The first kappa shape index (κ1) is 17.8. The third-order valence-electron chi connectivity index (χ3n) is 3.12. The van der Waals surface area contributed by atoms with Crippen LogP contribution in [-0.2, 0) is 16.1 Å². The number of carbonyl (C=O) groups is 1. The fraction of sp³-hybridized carbons (Fsp3) is 0.294. The quantitative estimate of drug-likeness (QED) is 0.686. The summed E-state index contributed by atoms with van der Waals surface area (Å²) < 4.78 is 24.4. The lowest BCUT2D eigenvalue weighted by molar-refractivity contribution is -0.120. The topological polar surface area (TPSA) is 72.5 Å². The molecular formula is C17H20FN3O3.